The molecule has 0 bridgehead atoms. The van der Waals surface area contributed by atoms with Gasteiger partial charge in [0.25, 0.3) is 0 Å². The van der Waals surface area contributed by atoms with Crippen molar-refractivity contribution in [3.8, 4) is 11.8 Å². The molecule has 0 unspecified atom stereocenters. The Morgan fingerprint density at radius 2 is 1.94 bits per heavy atom. The predicted molar refractivity (Wildman–Crippen MR) is 61.1 cm³/mol. The number of hydrogen-bond acceptors (Lipinski definition) is 4. The van der Waals surface area contributed by atoms with Gasteiger partial charge in [0.2, 0.25) is 11.8 Å². The molecule has 1 aromatic heterocycles. The highest BCUT2D eigenvalue weighted by Crippen LogP contribution is 2.41. The molecule has 0 aromatic carbocycles. The van der Waals surface area contributed by atoms with Gasteiger partial charge in [-0.3, -0.25) is 0 Å². The molecule has 1 aliphatic rings. The van der Waals surface area contributed by atoms with E-state index in [0.29, 0.717) is 11.7 Å². The van der Waals surface area contributed by atoms with Gasteiger partial charge in [0, 0.05) is 5.92 Å². The van der Waals surface area contributed by atoms with Crippen molar-refractivity contribution in [2.75, 3.05) is 0 Å². The minimum Gasteiger partial charge on any atom is -0.492 e. The molecule has 5 heteroatoms. The second-order valence-corrected chi connectivity index (χ2v) is 5.39. The molecule has 4 nitrogen and oxygen atoms in total. The fraction of sp³-hybridized carbons (Fsp3) is 0.636. The van der Waals surface area contributed by atoms with Crippen LogP contribution in [-0.4, -0.2) is 20.7 Å². The van der Waals surface area contributed by atoms with Crippen molar-refractivity contribution in [3.05, 3.63) is 10.8 Å². The van der Waals surface area contributed by atoms with E-state index >= 15 is 0 Å². The molecule has 1 heterocycles. The standard InChI is InChI=1S/C11H15ClN2O2/c1-11(2,3)16-10-7(12)9(15)13-8(14-10)6-4-5-6/h6H,4-5H2,1-3H3,(H,13,14,15). The summed E-state index contributed by atoms with van der Waals surface area (Å²) in [6.45, 7) is 5.71. The third-order valence-electron chi connectivity index (χ3n) is 2.17. The third kappa shape index (κ3) is 2.55. The zero-order valence-electron chi connectivity index (χ0n) is 9.62. The van der Waals surface area contributed by atoms with Gasteiger partial charge < -0.3 is 9.84 Å². The number of nitrogens with zero attached hydrogens (tertiary/aromatic N) is 2. The molecule has 1 saturated carbocycles. The second-order valence-electron chi connectivity index (χ2n) is 5.01. The predicted octanol–water partition coefficient (Wildman–Crippen LogP) is 2.89. The summed E-state index contributed by atoms with van der Waals surface area (Å²) in [5.74, 6) is 1.05. The molecule has 2 rings (SSSR count). The summed E-state index contributed by atoms with van der Waals surface area (Å²) in [4.78, 5) is 8.21. The molecule has 0 spiro atoms. The maximum absolute atomic E-state index is 9.59. The maximum atomic E-state index is 9.59. The van der Waals surface area contributed by atoms with Gasteiger partial charge in [0.1, 0.15) is 11.4 Å². The summed E-state index contributed by atoms with van der Waals surface area (Å²) in [7, 11) is 0. The van der Waals surface area contributed by atoms with Gasteiger partial charge in [0.15, 0.2) is 5.02 Å². The number of aromatic nitrogens is 2. The number of aromatic hydroxyl groups is 1. The van der Waals surface area contributed by atoms with Gasteiger partial charge in [-0.2, -0.15) is 9.97 Å². The van der Waals surface area contributed by atoms with Crippen LogP contribution >= 0.6 is 11.6 Å². The number of rotatable bonds is 2. The van der Waals surface area contributed by atoms with E-state index in [0.717, 1.165) is 12.8 Å². The van der Waals surface area contributed by atoms with Crippen LogP contribution in [-0.2, 0) is 0 Å². The van der Waals surface area contributed by atoms with E-state index in [4.69, 9.17) is 16.3 Å². The van der Waals surface area contributed by atoms with Crippen LogP contribution in [0.2, 0.25) is 5.02 Å². The van der Waals surface area contributed by atoms with Crippen LogP contribution in [0.15, 0.2) is 0 Å². The molecule has 16 heavy (non-hydrogen) atoms. The molecule has 0 radical (unpaired) electrons. The van der Waals surface area contributed by atoms with E-state index in [1.807, 2.05) is 20.8 Å². The van der Waals surface area contributed by atoms with Crippen LogP contribution in [0.4, 0.5) is 0 Å². The highest BCUT2D eigenvalue weighted by atomic mass is 35.5. The van der Waals surface area contributed by atoms with Crippen molar-refractivity contribution < 1.29 is 9.84 Å². The Labute approximate surface area is 99.6 Å². The topological polar surface area (TPSA) is 55.2 Å². The zero-order chi connectivity index (χ0) is 11.9. The largest absolute Gasteiger partial charge is 0.492 e. The minimum atomic E-state index is -0.398. The first kappa shape index (κ1) is 11.5. The fourth-order valence-corrected chi connectivity index (χ4v) is 1.44. The molecule has 88 valence electrons. The monoisotopic (exact) mass is 242 g/mol. The molecule has 1 aliphatic carbocycles. The van der Waals surface area contributed by atoms with E-state index in [9.17, 15) is 5.11 Å². The van der Waals surface area contributed by atoms with Crippen molar-refractivity contribution in [2.45, 2.75) is 45.1 Å². The van der Waals surface area contributed by atoms with E-state index in [-0.39, 0.29) is 16.8 Å². The lowest BCUT2D eigenvalue weighted by Crippen LogP contribution is -2.24. The normalized spacial score (nSPS) is 16.2. The van der Waals surface area contributed by atoms with Crippen LogP contribution in [0.1, 0.15) is 45.4 Å². The first-order valence-corrected chi connectivity index (χ1v) is 5.70. The van der Waals surface area contributed by atoms with Gasteiger partial charge in [-0.05, 0) is 33.6 Å². The van der Waals surface area contributed by atoms with Gasteiger partial charge in [-0.25, -0.2) is 0 Å². The van der Waals surface area contributed by atoms with Crippen LogP contribution in [0, 0.1) is 0 Å². The van der Waals surface area contributed by atoms with Crippen LogP contribution < -0.4 is 4.74 Å². The molecule has 0 saturated heterocycles. The Morgan fingerprint density at radius 1 is 1.31 bits per heavy atom. The second kappa shape index (κ2) is 3.77. The van der Waals surface area contributed by atoms with Gasteiger partial charge in [-0.1, -0.05) is 11.6 Å². The first-order valence-electron chi connectivity index (χ1n) is 5.32. The Kier molecular flexibility index (Phi) is 2.70. The van der Waals surface area contributed by atoms with Crippen LogP contribution in [0.25, 0.3) is 0 Å². The molecule has 0 amide bonds. The Morgan fingerprint density at radius 3 is 2.44 bits per heavy atom. The van der Waals surface area contributed by atoms with E-state index in [1.165, 1.54) is 0 Å². The maximum Gasteiger partial charge on any atom is 0.240 e. The number of halogens is 1. The lowest BCUT2D eigenvalue weighted by molar-refractivity contribution is 0.123. The molecule has 1 aromatic rings. The Bertz CT molecular complexity index is 411. The summed E-state index contributed by atoms with van der Waals surface area (Å²) >= 11 is 5.90. The molecule has 1 N–H and O–H groups in total. The molecular formula is C11H15ClN2O2. The molecule has 0 atom stereocenters. The smallest absolute Gasteiger partial charge is 0.240 e. The summed E-state index contributed by atoms with van der Waals surface area (Å²) in [6.07, 6.45) is 2.13. The number of ether oxygens (including phenoxy) is 1. The summed E-state index contributed by atoms with van der Waals surface area (Å²) in [6, 6.07) is 0. The molecule has 1 fully saturated rings. The minimum absolute atomic E-state index is 0.0827. The summed E-state index contributed by atoms with van der Waals surface area (Å²) in [5, 5.41) is 9.67. The van der Waals surface area contributed by atoms with E-state index in [1.54, 1.807) is 0 Å². The third-order valence-corrected chi connectivity index (χ3v) is 2.50. The number of hydrogen-bond donors (Lipinski definition) is 1. The quantitative estimate of drug-likeness (QED) is 0.867. The molecular weight excluding hydrogens is 228 g/mol. The summed E-state index contributed by atoms with van der Waals surface area (Å²) < 4.78 is 5.59. The Hall–Kier alpha value is -1.03. The van der Waals surface area contributed by atoms with Gasteiger partial charge in [-0.15, -0.1) is 0 Å². The lowest BCUT2D eigenvalue weighted by atomic mass is 10.2. The Balaban J connectivity index is 2.34. The molecule has 0 aliphatic heterocycles. The van der Waals surface area contributed by atoms with Crippen LogP contribution in [0.3, 0.4) is 0 Å². The van der Waals surface area contributed by atoms with Crippen molar-refractivity contribution in [1.29, 1.82) is 0 Å². The van der Waals surface area contributed by atoms with Crippen molar-refractivity contribution in [2.24, 2.45) is 0 Å². The van der Waals surface area contributed by atoms with E-state index in [2.05, 4.69) is 9.97 Å². The first-order chi connectivity index (χ1) is 7.37. The van der Waals surface area contributed by atoms with Crippen molar-refractivity contribution in [1.82, 2.24) is 9.97 Å². The average molecular weight is 243 g/mol. The zero-order valence-corrected chi connectivity index (χ0v) is 10.4. The SMILES string of the molecule is CC(C)(C)Oc1nc(C2CC2)nc(O)c1Cl. The van der Waals surface area contributed by atoms with Gasteiger partial charge in [0.05, 0.1) is 0 Å². The van der Waals surface area contributed by atoms with E-state index < -0.39 is 5.60 Å². The highest BCUT2D eigenvalue weighted by molar-refractivity contribution is 6.33. The average Bonchev–Trinajstić information content (AvgIpc) is 2.93. The summed E-state index contributed by atoms with van der Waals surface area (Å²) in [5.41, 5.74) is -0.398. The fourth-order valence-electron chi connectivity index (χ4n) is 1.31. The van der Waals surface area contributed by atoms with Crippen molar-refractivity contribution in [3.63, 3.8) is 0 Å². The lowest BCUT2D eigenvalue weighted by Gasteiger charge is -2.21. The van der Waals surface area contributed by atoms with Crippen LogP contribution in [0.5, 0.6) is 11.8 Å². The van der Waals surface area contributed by atoms with Gasteiger partial charge >= 0.3 is 0 Å². The van der Waals surface area contributed by atoms with Crippen molar-refractivity contribution >= 4 is 11.6 Å². The highest BCUT2D eigenvalue weighted by Gasteiger charge is 2.29.